The third-order valence-electron chi connectivity index (χ3n) is 2.82. The lowest BCUT2D eigenvalue weighted by Gasteiger charge is -2.17. The molecule has 0 aliphatic carbocycles. The smallest absolute Gasteiger partial charge is 0.315 e. The molecule has 0 bridgehead atoms. The third-order valence-corrected chi connectivity index (χ3v) is 4.58. The number of sulfone groups is 1. The molecule has 0 radical (unpaired) electrons. The maximum absolute atomic E-state index is 11.6. The Balaban J connectivity index is 2.39. The van der Waals surface area contributed by atoms with Crippen LogP contribution in [0.5, 0.6) is 0 Å². The van der Waals surface area contributed by atoms with Gasteiger partial charge in [-0.15, -0.1) is 0 Å². The molecule has 2 amide bonds. The number of carbonyl (C=O) groups excluding carboxylic acids is 1. The molecule has 0 spiro atoms. The van der Waals surface area contributed by atoms with Crippen molar-refractivity contribution in [1.29, 1.82) is 0 Å². The van der Waals surface area contributed by atoms with Gasteiger partial charge in [-0.2, -0.15) is 0 Å². The third kappa shape index (κ3) is 4.91. The van der Waals surface area contributed by atoms with Crippen LogP contribution in [0.2, 0.25) is 0 Å². The molecule has 1 saturated heterocycles. The minimum atomic E-state index is -3.03. The zero-order valence-electron chi connectivity index (χ0n) is 10.2. The van der Waals surface area contributed by atoms with Crippen LogP contribution in [0.3, 0.4) is 0 Å². The van der Waals surface area contributed by atoms with Crippen molar-refractivity contribution in [2.45, 2.75) is 38.3 Å². The molecule has 104 valence electrons. The Kier molecular flexibility index (Phi) is 4.94. The number of urea groups is 1. The van der Waals surface area contributed by atoms with E-state index in [-0.39, 0.29) is 24.0 Å². The van der Waals surface area contributed by atoms with Gasteiger partial charge in [-0.05, 0) is 12.8 Å². The molecule has 0 aromatic carbocycles. The summed E-state index contributed by atoms with van der Waals surface area (Å²) in [4.78, 5) is 22.1. The second kappa shape index (κ2) is 6.03. The average molecular weight is 278 g/mol. The van der Waals surface area contributed by atoms with E-state index < -0.39 is 27.9 Å². The highest BCUT2D eigenvalue weighted by atomic mass is 32.2. The Morgan fingerprint density at radius 3 is 2.56 bits per heavy atom. The highest BCUT2D eigenvalue weighted by Crippen LogP contribution is 2.11. The lowest BCUT2D eigenvalue weighted by Crippen LogP contribution is -2.47. The largest absolute Gasteiger partial charge is 0.481 e. The van der Waals surface area contributed by atoms with E-state index >= 15 is 0 Å². The normalized spacial score (nSPS) is 23.3. The van der Waals surface area contributed by atoms with Crippen molar-refractivity contribution >= 4 is 21.8 Å². The van der Waals surface area contributed by atoms with Crippen molar-refractivity contribution in [3.63, 3.8) is 0 Å². The Bertz CT molecular complexity index is 420. The standard InChI is InChI=1S/C10H18N2O5S/c1-2-7(5-9(13)14)11-10(15)12-8-3-4-18(16,17)6-8/h7-8H,2-6H2,1H3,(H,13,14)(H2,11,12,15). The van der Waals surface area contributed by atoms with Crippen molar-refractivity contribution in [3.05, 3.63) is 0 Å². The number of hydrogen-bond donors (Lipinski definition) is 3. The maximum atomic E-state index is 11.6. The van der Waals surface area contributed by atoms with Gasteiger partial charge < -0.3 is 15.7 Å². The topological polar surface area (TPSA) is 113 Å². The van der Waals surface area contributed by atoms with Crippen LogP contribution in [-0.4, -0.2) is 49.1 Å². The van der Waals surface area contributed by atoms with Crippen LogP contribution in [0.25, 0.3) is 0 Å². The molecule has 0 aromatic rings. The summed E-state index contributed by atoms with van der Waals surface area (Å²) in [5.74, 6) is -0.939. The Labute approximate surface area is 106 Å². The number of rotatable bonds is 5. The van der Waals surface area contributed by atoms with Crippen molar-refractivity contribution in [2.75, 3.05) is 11.5 Å². The number of carbonyl (C=O) groups is 2. The summed E-state index contributed by atoms with van der Waals surface area (Å²) in [5.41, 5.74) is 0. The van der Waals surface area contributed by atoms with E-state index in [0.717, 1.165) is 0 Å². The van der Waals surface area contributed by atoms with Crippen molar-refractivity contribution in [3.8, 4) is 0 Å². The zero-order valence-corrected chi connectivity index (χ0v) is 11.0. The number of nitrogens with one attached hydrogen (secondary N) is 2. The maximum Gasteiger partial charge on any atom is 0.315 e. The number of carboxylic acid groups (broad SMARTS) is 1. The average Bonchev–Trinajstić information content (AvgIpc) is 2.56. The lowest BCUT2D eigenvalue weighted by atomic mass is 10.1. The summed E-state index contributed by atoms with van der Waals surface area (Å²) < 4.78 is 22.4. The fourth-order valence-electron chi connectivity index (χ4n) is 1.83. The molecule has 8 heteroatoms. The van der Waals surface area contributed by atoms with E-state index in [4.69, 9.17) is 5.11 Å². The number of carboxylic acids is 1. The SMILES string of the molecule is CCC(CC(=O)O)NC(=O)NC1CCS(=O)(=O)C1. The molecule has 2 unspecified atom stereocenters. The van der Waals surface area contributed by atoms with Crippen LogP contribution in [0.1, 0.15) is 26.2 Å². The van der Waals surface area contributed by atoms with E-state index in [1.165, 1.54) is 0 Å². The quantitative estimate of drug-likeness (QED) is 0.640. The van der Waals surface area contributed by atoms with Gasteiger partial charge in [0.25, 0.3) is 0 Å². The molecule has 1 aliphatic heterocycles. The monoisotopic (exact) mass is 278 g/mol. The first kappa shape index (κ1) is 14.7. The van der Waals surface area contributed by atoms with E-state index in [1.807, 2.05) is 0 Å². The summed E-state index contributed by atoms with van der Waals surface area (Å²) in [6.45, 7) is 1.77. The second-order valence-corrected chi connectivity index (χ2v) is 6.65. The van der Waals surface area contributed by atoms with Crippen molar-refractivity contribution < 1.29 is 23.1 Å². The summed E-state index contributed by atoms with van der Waals surface area (Å²) in [7, 11) is -3.03. The van der Waals surface area contributed by atoms with Crippen LogP contribution in [0, 0.1) is 0 Å². The number of aliphatic carboxylic acids is 1. The highest BCUT2D eigenvalue weighted by Gasteiger charge is 2.29. The first-order valence-corrected chi connectivity index (χ1v) is 7.63. The van der Waals surface area contributed by atoms with Gasteiger partial charge in [0.2, 0.25) is 0 Å². The van der Waals surface area contributed by atoms with Crippen LogP contribution < -0.4 is 10.6 Å². The lowest BCUT2D eigenvalue weighted by molar-refractivity contribution is -0.137. The fraction of sp³-hybridized carbons (Fsp3) is 0.800. The van der Waals surface area contributed by atoms with Crippen molar-refractivity contribution in [1.82, 2.24) is 10.6 Å². The van der Waals surface area contributed by atoms with Gasteiger partial charge in [0.15, 0.2) is 9.84 Å². The molecule has 18 heavy (non-hydrogen) atoms. The van der Waals surface area contributed by atoms with Gasteiger partial charge >= 0.3 is 12.0 Å². The zero-order chi connectivity index (χ0) is 13.8. The van der Waals surface area contributed by atoms with Crippen molar-refractivity contribution in [2.24, 2.45) is 0 Å². The van der Waals surface area contributed by atoms with E-state index in [0.29, 0.717) is 12.8 Å². The van der Waals surface area contributed by atoms with Gasteiger partial charge in [-0.3, -0.25) is 4.79 Å². The molecule has 1 fully saturated rings. The minimum absolute atomic E-state index is 0.0455. The second-order valence-electron chi connectivity index (χ2n) is 4.42. The Morgan fingerprint density at radius 2 is 2.11 bits per heavy atom. The molecule has 0 saturated carbocycles. The van der Waals surface area contributed by atoms with Crippen LogP contribution in [-0.2, 0) is 14.6 Å². The van der Waals surface area contributed by atoms with Crippen LogP contribution in [0.15, 0.2) is 0 Å². The van der Waals surface area contributed by atoms with E-state index in [9.17, 15) is 18.0 Å². The molecule has 1 aliphatic rings. The molecular formula is C10H18N2O5S. The predicted octanol–water partition coefficient (Wildman–Crippen LogP) is -0.274. The highest BCUT2D eigenvalue weighted by molar-refractivity contribution is 7.91. The molecule has 2 atom stereocenters. The van der Waals surface area contributed by atoms with E-state index in [2.05, 4.69) is 10.6 Å². The first-order valence-electron chi connectivity index (χ1n) is 5.81. The molecule has 0 aromatic heterocycles. The van der Waals surface area contributed by atoms with Gasteiger partial charge in [-0.1, -0.05) is 6.92 Å². The molecule has 1 rings (SSSR count). The summed E-state index contributed by atoms with van der Waals surface area (Å²) in [5, 5.41) is 13.7. The molecule has 3 N–H and O–H groups in total. The van der Waals surface area contributed by atoms with Gasteiger partial charge in [0.1, 0.15) is 0 Å². The van der Waals surface area contributed by atoms with Gasteiger partial charge in [0, 0.05) is 12.1 Å². The van der Waals surface area contributed by atoms with Gasteiger partial charge in [-0.25, -0.2) is 13.2 Å². The van der Waals surface area contributed by atoms with Crippen LogP contribution in [0.4, 0.5) is 4.79 Å². The Morgan fingerprint density at radius 1 is 1.44 bits per heavy atom. The summed E-state index contributed by atoms with van der Waals surface area (Å²) in [6, 6.07) is -1.33. The molecule has 1 heterocycles. The van der Waals surface area contributed by atoms with Crippen LogP contribution >= 0.6 is 0 Å². The first-order chi connectivity index (χ1) is 8.32. The van der Waals surface area contributed by atoms with E-state index in [1.54, 1.807) is 6.92 Å². The number of hydrogen-bond acceptors (Lipinski definition) is 4. The molecule has 7 nitrogen and oxygen atoms in total. The Hall–Kier alpha value is -1.31. The fourth-order valence-corrected chi connectivity index (χ4v) is 3.50. The van der Waals surface area contributed by atoms with Gasteiger partial charge in [0.05, 0.1) is 17.9 Å². The summed E-state index contributed by atoms with van der Waals surface area (Å²) in [6.07, 6.45) is 0.765. The predicted molar refractivity (Wildman–Crippen MR) is 65.1 cm³/mol. The number of amides is 2. The molecular weight excluding hydrogens is 260 g/mol. The summed E-state index contributed by atoms with van der Waals surface area (Å²) >= 11 is 0. The minimum Gasteiger partial charge on any atom is -0.481 e.